The van der Waals surface area contributed by atoms with Crippen molar-refractivity contribution in [3.05, 3.63) is 29.8 Å². The Morgan fingerprint density at radius 3 is 2.37 bits per heavy atom. The van der Waals surface area contributed by atoms with Crippen molar-refractivity contribution in [2.24, 2.45) is 11.7 Å². The standard InChI is InChI=1S/C13H20N2O2S.ClH/c1-11-4-2-3-5-13(11)18(16,17)15-8-6-12(10-14)7-9-15;/h2-5,12H,6-10,14H2,1H3;1H. The zero-order valence-corrected chi connectivity index (χ0v) is 12.7. The molecule has 0 unspecified atom stereocenters. The third-order valence-corrected chi connectivity index (χ3v) is 5.68. The number of hydrogen-bond acceptors (Lipinski definition) is 3. The van der Waals surface area contributed by atoms with Crippen molar-refractivity contribution in [1.82, 2.24) is 4.31 Å². The highest BCUT2D eigenvalue weighted by atomic mass is 35.5. The molecule has 1 aliphatic rings. The summed E-state index contributed by atoms with van der Waals surface area (Å²) < 4.78 is 26.6. The predicted molar refractivity (Wildman–Crippen MR) is 79.0 cm³/mol. The molecule has 1 aromatic rings. The van der Waals surface area contributed by atoms with Crippen molar-refractivity contribution in [2.45, 2.75) is 24.7 Å². The number of nitrogens with two attached hydrogens (primary N) is 1. The highest BCUT2D eigenvalue weighted by Crippen LogP contribution is 2.24. The molecule has 1 heterocycles. The topological polar surface area (TPSA) is 63.4 Å². The molecule has 108 valence electrons. The van der Waals surface area contributed by atoms with Crippen LogP contribution in [0.5, 0.6) is 0 Å². The number of halogens is 1. The number of nitrogens with zero attached hydrogens (tertiary/aromatic N) is 1. The van der Waals surface area contributed by atoms with Crippen molar-refractivity contribution in [3.8, 4) is 0 Å². The third-order valence-electron chi connectivity index (χ3n) is 3.62. The molecule has 0 atom stereocenters. The lowest BCUT2D eigenvalue weighted by molar-refractivity contribution is 0.278. The molecule has 0 aromatic heterocycles. The van der Waals surface area contributed by atoms with Gasteiger partial charge in [-0.25, -0.2) is 8.42 Å². The fourth-order valence-corrected chi connectivity index (χ4v) is 4.07. The Hall–Kier alpha value is -0.620. The van der Waals surface area contributed by atoms with Crippen molar-refractivity contribution < 1.29 is 8.42 Å². The van der Waals surface area contributed by atoms with E-state index in [1.165, 1.54) is 0 Å². The van der Waals surface area contributed by atoms with Gasteiger partial charge in [0.2, 0.25) is 10.0 Å². The van der Waals surface area contributed by atoms with Crippen LogP contribution in [0.2, 0.25) is 0 Å². The minimum atomic E-state index is -3.33. The van der Waals surface area contributed by atoms with Gasteiger partial charge in [0.05, 0.1) is 4.90 Å². The second-order valence-electron chi connectivity index (χ2n) is 4.85. The largest absolute Gasteiger partial charge is 0.330 e. The highest BCUT2D eigenvalue weighted by Gasteiger charge is 2.29. The van der Waals surface area contributed by atoms with Crippen LogP contribution in [0.4, 0.5) is 0 Å². The van der Waals surface area contributed by atoms with E-state index >= 15 is 0 Å². The van der Waals surface area contributed by atoms with E-state index in [1.807, 2.05) is 19.1 Å². The molecule has 2 N–H and O–H groups in total. The summed E-state index contributed by atoms with van der Waals surface area (Å²) in [6, 6.07) is 7.14. The molecule has 2 rings (SSSR count). The number of benzene rings is 1. The molecular weight excluding hydrogens is 284 g/mol. The van der Waals surface area contributed by atoms with Gasteiger partial charge in [-0.15, -0.1) is 12.4 Å². The number of sulfonamides is 1. The lowest BCUT2D eigenvalue weighted by Gasteiger charge is -2.30. The van der Waals surface area contributed by atoms with Crippen LogP contribution in [-0.2, 0) is 10.0 Å². The van der Waals surface area contributed by atoms with E-state index in [-0.39, 0.29) is 12.4 Å². The predicted octanol–water partition coefficient (Wildman–Crippen LogP) is 1.78. The van der Waals surface area contributed by atoms with Crippen LogP contribution >= 0.6 is 12.4 Å². The summed E-state index contributed by atoms with van der Waals surface area (Å²) in [5, 5.41) is 0. The molecule has 0 saturated carbocycles. The molecule has 4 nitrogen and oxygen atoms in total. The van der Waals surface area contributed by atoms with Crippen molar-refractivity contribution >= 4 is 22.4 Å². The minimum absolute atomic E-state index is 0. The minimum Gasteiger partial charge on any atom is -0.330 e. The fourth-order valence-electron chi connectivity index (χ4n) is 2.37. The van der Waals surface area contributed by atoms with Gasteiger partial charge in [0.25, 0.3) is 0 Å². The first-order valence-electron chi connectivity index (χ1n) is 6.31. The maximum Gasteiger partial charge on any atom is 0.243 e. The average Bonchev–Trinajstić information content (AvgIpc) is 2.39. The Kier molecular flexibility index (Phi) is 5.80. The Balaban J connectivity index is 0.00000180. The molecule has 0 radical (unpaired) electrons. The number of aryl methyl sites for hydroxylation is 1. The molecule has 1 saturated heterocycles. The Bertz CT molecular complexity index is 511. The molecule has 19 heavy (non-hydrogen) atoms. The van der Waals surface area contributed by atoms with Crippen molar-refractivity contribution in [2.75, 3.05) is 19.6 Å². The van der Waals surface area contributed by atoms with E-state index in [9.17, 15) is 8.42 Å². The van der Waals surface area contributed by atoms with Crippen LogP contribution in [0.3, 0.4) is 0 Å². The molecule has 1 fully saturated rings. The van der Waals surface area contributed by atoms with Crippen LogP contribution in [0.1, 0.15) is 18.4 Å². The Labute approximate surface area is 121 Å². The molecule has 0 aliphatic carbocycles. The van der Waals surface area contributed by atoms with E-state index in [4.69, 9.17) is 5.73 Å². The van der Waals surface area contributed by atoms with Gasteiger partial charge in [0.1, 0.15) is 0 Å². The highest BCUT2D eigenvalue weighted by molar-refractivity contribution is 7.89. The van der Waals surface area contributed by atoms with Crippen molar-refractivity contribution in [3.63, 3.8) is 0 Å². The second-order valence-corrected chi connectivity index (χ2v) is 6.76. The SMILES string of the molecule is Cc1ccccc1S(=O)(=O)N1CCC(CN)CC1.Cl. The van der Waals surface area contributed by atoms with Gasteiger partial charge in [-0.2, -0.15) is 4.31 Å². The fraction of sp³-hybridized carbons (Fsp3) is 0.538. The van der Waals surface area contributed by atoms with Gasteiger partial charge in [-0.3, -0.25) is 0 Å². The van der Waals surface area contributed by atoms with Gasteiger partial charge >= 0.3 is 0 Å². The summed E-state index contributed by atoms with van der Waals surface area (Å²) in [7, 11) is -3.33. The van der Waals surface area contributed by atoms with Crippen LogP contribution in [-0.4, -0.2) is 32.4 Å². The first kappa shape index (κ1) is 16.4. The summed E-state index contributed by atoms with van der Waals surface area (Å²) in [4.78, 5) is 0.427. The normalized spacial score (nSPS) is 18.0. The van der Waals surface area contributed by atoms with E-state index in [2.05, 4.69) is 0 Å². The number of rotatable bonds is 3. The van der Waals surface area contributed by atoms with E-state index in [0.29, 0.717) is 30.4 Å². The maximum absolute atomic E-state index is 12.5. The molecule has 0 amide bonds. The Morgan fingerprint density at radius 1 is 1.26 bits per heavy atom. The van der Waals surface area contributed by atoms with Crippen LogP contribution in [0.25, 0.3) is 0 Å². The molecule has 6 heteroatoms. The van der Waals surface area contributed by atoms with E-state index in [0.717, 1.165) is 18.4 Å². The second kappa shape index (κ2) is 6.70. The molecular formula is C13H21ClN2O2S. The summed E-state index contributed by atoms with van der Waals surface area (Å²) in [6.45, 7) is 3.65. The van der Waals surface area contributed by atoms with Crippen LogP contribution in [0.15, 0.2) is 29.2 Å². The average molecular weight is 305 g/mol. The summed E-state index contributed by atoms with van der Waals surface area (Å²) in [6.07, 6.45) is 1.73. The van der Waals surface area contributed by atoms with Gasteiger partial charge < -0.3 is 5.73 Å². The first-order valence-corrected chi connectivity index (χ1v) is 7.75. The molecule has 1 aromatic carbocycles. The van der Waals surface area contributed by atoms with Crippen LogP contribution in [0, 0.1) is 12.8 Å². The lowest BCUT2D eigenvalue weighted by Crippen LogP contribution is -2.40. The summed E-state index contributed by atoms with van der Waals surface area (Å²) >= 11 is 0. The lowest BCUT2D eigenvalue weighted by atomic mass is 9.99. The van der Waals surface area contributed by atoms with Gasteiger partial charge in [0, 0.05) is 13.1 Å². The van der Waals surface area contributed by atoms with Gasteiger partial charge in [-0.05, 0) is 43.9 Å². The first-order chi connectivity index (χ1) is 8.55. The van der Waals surface area contributed by atoms with Gasteiger partial charge in [-0.1, -0.05) is 18.2 Å². The van der Waals surface area contributed by atoms with E-state index < -0.39 is 10.0 Å². The number of hydrogen-bond donors (Lipinski definition) is 1. The quantitative estimate of drug-likeness (QED) is 0.926. The Morgan fingerprint density at radius 2 is 1.84 bits per heavy atom. The third kappa shape index (κ3) is 3.48. The monoisotopic (exact) mass is 304 g/mol. The molecule has 0 bridgehead atoms. The molecule has 0 spiro atoms. The maximum atomic E-state index is 12.5. The molecule has 1 aliphatic heterocycles. The van der Waals surface area contributed by atoms with Gasteiger partial charge in [0.15, 0.2) is 0 Å². The number of piperidine rings is 1. The smallest absolute Gasteiger partial charge is 0.243 e. The van der Waals surface area contributed by atoms with Crippen LogP contribution < -0.4 is 5.73 Å². The summed E-state index contributed by atoms with van der Waals surface area (Å²) in [5.41, 5.74) is 6.43. The zero-order valence-electron chi connectivity index (χ0n) is 11.1. The van der Waals surface area contributed by atoms with E-state index in [1.54, 1.807) is 16.4 Å². The summed E-state index contributed by atoms with van der Waals surface area (Å²) in [5.74, 6) is 0.466. The van der Waals surface area contributed by atoms with Crippen molar-refractivity contribution in [1.29, 1.82) is 0 Å². The zero-order chi connectivity index (χ0) is 13.2.